The fraction of sp³-hybridized carbons (Fsp3) is 0.412. The molecule has 24 heavy (non-hydrogen) atoms. The summed E-state index contributed by atoms with van der Waals surface area (Å²) in [6, 6.07) is 9.47. The van der Waals surface area contributed by atoms with Crippen molar-refractivity contribution in [2.45, 2.75) is 19.0 Å². The van der Waals surface area contributed by atoms with Gasteiger partial charge in [0.1, 0.15) is 5.82 Å². The molecule has 0 aliphatic carbocycles. The summed E-state index contributed by atoms with van der Waals surface area (Å²) in [5.41, 5.74) is 13.0. The third kappa shape index (κ3) is 3.64. The topological polar surface area (TPSA) is 110 Å². The van der Waals surface area contributed by atoms with E-state index < -0.39 is 5.69 Å². The second kappa shape index (κ2) is 7.12. The lowest BCUT2D eigenvalue weighted by atomic mass is 9.93. The molecule has 1 saturated heterocycles. The number of nitrogen functional groups attached to an aromatic ring is 1. The quantitative estimate of drug-likeness (QED) is 0.726. The van der Waals surface area contributed by atoms with E-state index >= 15 is 0 Å². The Morgan fingerprint density at radius 2 is 2.00 bits per heavy atom. The number of aliphatic hydroxyl groups excluding tert-OH is 1. The summed E-state index contributed by atoms with van der Waals surface area (Å²) in [5, 5.41) is 9.40. The van der Waals surface area contributed by atoms with Gasteiger partial charge in [-0.3, -0.25) is 9.47 Å². The first kappa shape index (κ1) is 16.6. The molecule has 0 amide bonds. The second-order valence-corrected chi connectivity index (χ2v) is 6.30. The smallest absolute Gasteiger partial charge is 0.354 e. The first-order valence-electron chi connectivity index (χ1n) is 8.10. The highest BCUT2D eigenvalue weighted by molar-refractivity contribution is 5.36. The molecule has 1 aliphatic rings. The van der Waals surface area contributed by atoms with Crippen molar-refractivity contribution in [2.24, 2.45) is 11.7 Å². The number of hydrogen-bond donors (Lipinski definition) is 3. The Balaban J connectivity index is 1.70. The fourth-order valence-corrected chi connectivity index (χ4v) is 3.10. The number of aliphatic hydroxyl groups is 1. The highest BCUT2D eigenvalue weighted by atomic mass is 16.3. The van der Waals surface area contributed by atoms with Crippen LogP contribution in [0.5, 0.6) is 0 Å². The highest BCUT2D eigenvalue weighted by Gasteiger charge is 2.25. The fourth-order valence-electron chi connectivity index (χ4n) is 3.10. The molecular formula is C17H23N5O2. The summed E-state index contributed by atoms with van der Waals surface area (Å²) in [4.78, 5) is 17.9. The van der Waals surface area contributed by atoms with Gasteiger partial charge in [-0.05, 0) is 36.7 Å². The van der Waals surface area contributed by atoms with Crippen molar-refractivity contribution in [3.8, 4) is 5.69 Å². The first-order valence-corrected chi connectivity index (χ1v) is 8.10. The SMILES string of the molecule is Nc1ccn(-c2ccc(CN3CCC(N)C(CO)C3)cc2)c(=O)n1. The number of aromatic nitrogens is 2. The maximum absolute atomic E-state index is 11.9. The predicted octanol–water partition coefficient (Wildman–Crippen LogP) is -0.0438. The van der Waals surface area contributed by atoms with Crippen LogP contribution in [0.2, 0.25) is 0 Å². The molecule has 1 fully saturated rings. The zero-order valence-electron chi connectivity index (χ0n) is 13.5. The van der Waals surface area contributed by atoms with E-state index in [4.69, 9.17) is 11.5 Å². The minimum absolute atomic E-state index is 0.0820. The van der Waals surface area contributed by atoms with Crippen LogP contribution in [0.1, 0.15) is 12.0 Å². The van der Waals surface area contributed by atoms with E-state index in [-0.39, 0.29) is 24.4 Å². The predicted molar refractivity (Wildman–Crippen MR) is 92.7 cm³/mol. The van der Waals surface area contributed by atoms with Gasteiger partial charge in [-0.1, -0.05) is 12.1 Å². The Morgan fingerprint density at radius 3 is 2.67 bits per heavy atom. The van der Waals surface area contributed by atoms with Crippen LogP contribution in [-0.4, -0.2) is 45.3 Å². The molecule has 2 atom stereocenters. The largest absolute Gasteiger partial charge is 0.396 e. The molecule has 0 bridgehead atoms. The summed E-state index contributed by atoms with van der Waals surface area (Å²) in [5.74, 6) is 0.354. The number of anilines is 1. The van der Waals surface area contributed by atoms with Crippen molar-refractivity contribution in [2.75, 3.05) is 25.4 Å². The van der Waals surface area contributed by atoms with Gasteiger partial charge in [-0.15, -0.1) is 0 Å². The number of rotatable bonds is 4. The van der Waals surface area contributed by atoms with Crippen LogP contribution in [0.15, 0.2) is 41.3 Å². The monoisotopic (exact) mass is 329 g/mol. The van der Waals surface area contributed by atoms with E-state index in [1.54, 1.807) is 12.3 Å². The van der Waals surface area contributed by atoms with Gasteiger partial charge in [-0.25, -0.2) is 4.79 Å². The van der Waals surface area contributed by atoms with Crippen molar-refractivity contribution in [1.82, 2.24) is 14.5 Å². The summed E-state index contributed by atoms with van der Waals surface area (Å²) >= 11 is 0. The number of piperidine rings is 1. The van der Waals surface area contributed by atoms with Gasteiger partial charge in [0.2, 0.25) is 0 Å². The number of nitrogens with two attached hydrogens (primary N) is 2. The lowest BCUT2D eigenvalue weighted by Crippen LogP contribution is -2.48. The number of nitrogens with zero attached hydrogens (tertiary/aromatic N) is 3. The molecular weight excluding hydrogens is 306 g/mol. The lowest BCUT2D eigenvalue weighted by molar-refractivity contribution is 0.0992. The maximum atomic E-state index is 11.9. The van der Waals surface area contributed by atoms with Gasteiger partial charge in [0.15, 0.2) is 0 Å². The molecule has 7 nitrogen and oxygen atoms in total. The Bertz CT molecular complexity index is 743. The molecule has 2 aromatic rings. The Morgan fingerprint density at radius 1 is 1.25 bits per heavy atom. The van der Waals surface area contributed by atoms with Crippen molar-refractivity contribution in [3.63, 3.8) is 0 Å². The van der Waals surface area contributed by atoms with E-state index in [9.17, 15) is 9.90 Å². The van der Waals surface area contributed by atoms with Crippen LogP contribution in [0.3, 0.4) is 0 Å². The van der Waals surface area contributed by atoms with Gasteiger partial charge in [0.25, 0.3) is 0 Å². The Kier molecular flexibility index (Phi) is 4.94. The molecule has 2 heterocycles. The molecule has 7 heteroatoms. The third-order valence-electron chi connectivity index (χ3n) is 4.56. The molecule has 1 aromatic carbocycles. The van der Waals surface area contributed by atoms with Crippen LogP contribution in [0.25, 0.3) is 5.69 Å². The summed E-state index contributed by atoms with van der Waals surface area (Å²) < 4.78 is 1.46. The lowest BCUT2D eigenvalue weighted by Gasteiger charge is -2.36. The van der Waals surface area contributed by atoms with E-state index in [0.717, 1.165) is 37.3 Å². The van der Waals surface area contributed by atoms with Gasteiger partial charge in [0.05, 0.1) is 5.69 Å². The number of benzene rings is 1. The standard InChI is InChI=1S/C17H23N5O2/c18-15-5-7-21(10-13(15)11-23)9-12-1-3-14(4-2-12)22-8-6-16(19)20-17(22)24/h1-4,6,8,13,15,23H,5,7,9-11,18H2,(H2,19,20,24). The normalized spacial score (nSPS) is 21.8. The van der Waals surface area contributed by atoms with Crippen molar-refractivity contribution >= 4 is 5.82 Å². The van der Waals surface area contributed by atoms with Gasteiger partial charge in [-0.2, -0.15) is 4.98 Å². The van der Waals surface area contributed by atoms with E-state index in [1.807, 2.05) is 24.3 Å². The molecule has 5 N–H and O–H groups in total. The minimum Gasteiger partial charge on any atom is -0.396 e. The van der Waals surface area contributed by atoms with Crippen molar-refractivity contribution in [3.05, 3.63) is 52.6 Å². The van der Waals surface area contributed by atoms with Crippen molar-refractivity contribution < 1.29 is 5.11 Å². The van der Waals surface area contributed by atoms with E-state index in [1.165, 1.54) is 4.57 Å². The molecule has 0 spiro atoms. The van der Waals surface area contributed by atoms with Crippen LogP contribution >= 0.6 is 0 Å². The zero-order valence-corrected chi connectivity index (χ0v) is 13.5. The Labute approximate surface area is 140 Å². The zero-order chi connectivity index (χ0) is 17.1. The molecule has 128 valence electrons. The molecule has 3 rings (SSSR count). The van der Waals surface area contributed by atoms with Crippen LogP contribution in [0, 0.1) is 5.92 Å². The van der Waals surface area contributed by atoms with Gasteiger partial charge < -0.3 is 16.6 Å². The molecule has 1 aliphatic heterocycles. The van der Waals surface area contributed by atoms with Gasteiger partial charge >= 0.3 is 5.69 Å². The van der Waals surface area contributed by atoms with E-state index in [0.29, 0.717) is 0 Å². The number of hydrogen-bond acceptors (Lipinski definition) is 6. The number of likely N-dealkylation sites (tertiary alicyclic amines) is 1. The summed E-state index contributed by atoms with van der Waals surface area (Å²) in [6.45, 7) is 2.67. The molecule has 0 saturated carbocycles. The average Bonchev–Trinajstić information content (AvgIpc) is 2.57. The summed E-state index contributed by atoms with van der Waals surface area (Å²) in [6.07, 6.45) is 2.52. The highest BCUT2D eigenvalue weighted by Crippen LogP contribution is 2.18. The molecule has 1 aromatic heterocycles. The van der Waals surface area contributed by atoms with E-state index in [2.05, 4.69) is 9.88 Å². The maximum Gasteiger partial charge on any atom is 0.354 e. The van der Waals surface area contributed by atoms with Crippen molar-refractivity contribution in [1.29, 1.82) is 0 Å². The first-order chi connectivity index (χ1) is 11.6. The van der Waals surface area contributed by atoms with Gasteiger partial charge in [0, 0.05) is 37.9 Å². The second-order valence-electron chi connectivity index (χ2n) is 6.30. The third-order valence-corrected chi connectivity index (χ3v) is 4.56. The molecule has 0 radical (unpaired) electrons. The minimum atomic E-state index is -0.390. The van der Waals surface area contributed by atoms with Crippen LogP contribution < -0.4 is 17.2 Å². The van der Waals surface area contributed by atoms with Crippen LogP contribution in [-0.2, 0) is 6.54 Å². The van der Waals surface area contributed by atoms with Crippen LogP contribution in [0.4, 0.5) is 5.82 Å². The average molecular weight is 329 g/mol. The molecule has 2 unspecified atom stereocenters. The Hall–Kier alpha value is -2.22. The summed E-state index contributed by atoms with van der Waals surface area (Å²) in [7, 11) is 0.